The Balaban J connectivity index is 2.16. The molecule has 0 radical (unpaired) electrons. The molecule has 0 aromatic heterocycles. The van der Waals surface area contributed by atoms with Gasteiger partial charge in [-0.25, -0.2) is 8.78 Å². The first kappa shape index (κ1) is 14.9. The van der Waals surface area contributed by atoms with E-state index in [0.29, 0.717) is 10.4 Å². The first-order valence-electron chi connectivity index (χ1n) is 6.93. The van der Waals surface area contributed by atoms with Crippen molar-refractivity contribution in [1.29, 1.82) is 0 Å². The van der Waals surface area contributed by atoms with Gasteiger partial charge in [0.25, 0.3) is 0 Å². The lowest BCUT2D eigenvalue weighted by atomic mass is 9.83. The maximum absolute atomic E-state index is 14.0. The molecule has 1 aromatic rings. The third-order valence-corrected chi connectivity index (χ3v) is 4.49. The van der Waals surface area contributed by atoms with Gasteiger partial charge in [0.05, 0.1) is 0 Å². The zero-order chi connectivity index (χ0) is 13.8. The molecular formula is C15H20BrF2N. The molecule has 1 nitrogen and oxygen atoms in total. The van der Waals surface area contributed by atoms with Crippen LogP contribution in [0.1, 0.15) is 50.1 Å². The van der Waals surface area contributed by atoms with Gasteiger partial charge < -0.3 is 5.32 Å². The molecule has 106 valence electrons. The monoisotopic (exact) mass is 331 g/mol. The second kappa shape index (κ2) is 6.80. The molecule has 1 aliphatic rings. The van der Waals surface area contributed by atoms with Crippen molar-refractivity contribution in [2.24, 2.45) is 5.92 Å². The van der Waals surface area contributed by atoms with Gasteiger partial charge in [-0.1, -0.05) is 48.0 Å². The lowest BCUT2D eigenvalue weighted by Gasteiger charge is -2.27. The molecule has 0 bridgehead atoms. The SMILES string of the molecule is CNC(CC1CCCCC1)c1c(F)cc(Br)cc1F. The summed E-state index contributed by atoms with van der Waals surface area (Å²) in [5.41, 5.74) is 0.177. The van der Waals surface area contributed by atoms with Crippen LogP contribution in [0.5, 0.6) is 0 Å². The van der Waals surface area contributed by atoms with E-state index >= 15 is 0 Å². The second-order valence-electron chi connectivity index (χ2n) is 5.36. The zero-order valence-electron chi connectivity index (χ0n) is 11.2. The second-order valence-corrected chi connectivity index (χ2v) is 6.28. The van der Waals surface area contributed by atoms with E-state index in [1.54, 1.807) is 7.05 Å². The fourth-order valence-electron chi connectivity index (χ4n) is 3.02. The summed E-state index contributed by atoms with van der Waals surface area (Å²) < 4.78 is 28.4. The third kappa shape index (κ3) is 3.76. The smallest absolute Gasteiger partial charge is 0.132 e. The Morgan fingerprint density at radius 3 is 2.32 bits per heavy atom. The highest BCUT2D eigenvalue weighted by Crippen LogP contribution is 2.34. The minimum absolute atomic E-state index is 0.177. The maximum Gasteiger partial charge on any atom is 0.132 e. The van der Waals surface area contributed by atoms with Crippen molar-refractivity contribution < 1.29 is 8.78 Å². The largest absolute Gasteiger partial charge is 0.313 e. The standard InChI is InChI=1S/C15H20BrF2N/c1-19-14(7-10-5-3-2-4-6-10)15-12(17)8-11(16)9-13(15)18/h8-10,14,19H,2-7H2,1H3. The average Bonchev–Trinajstić information content (AvgIpc) is 2.37. The Labute approximate surface area is 121 Å². The van der Waals surface area contributed by atoms with Crippen LogP contribution < -0.4 is 5.32 Å². The summed E-state index contributed by atoms with van der Waals surface area (Å²) in [4.78, 5) is 0. The van der Waals surface area contributed by atoms with Crippen LogP contribution in [0.2, 0.25) is 0 Å². The first-order valence-corrected chi connectivity index (χ1v) is 7.72. The molecule has 1 fully saturated rings. The number of hydrogen-bond donors (Lipinski definition) is 1. The molecule has 0 spiro atoms. The van der Waals surface area contributed by atoms with Gasteiger partial charge in [-0.15, -0.1) is 0 Å². The van der Waals surface area contributed by atoms with Crippen molar-refractivity contribution in [2.75, 3.05) is 7.05 Å². The molecule has 0 saturated heterocycles. The van der Waals surface area contributed by atoms with Crippen LogP contribution in [0.4, 0.5) is 8.78 Å². The van der Waals surface area contributed by atoms with Crippen LogP contribution in [0.25, 0.3) is 0 Å². The normalized spacial score (nSPS) is 18.5. The summed E-state index contributed by atoms with van der Waals surface area (Å²) in [7, 11) is 1.77. The van der Waals surface area contributed by atoms with Crippen LogP contribution in [0, 0.1) is 17.6 Å². The minimum atomic E-state index is -0.470. The van der Waals surface area contributed by atoms with E-state index in [1.807, 2.05) is 0 Å². The van der Waals surface area contributed by atoms with Gasteiger partial charge in [-0.3, -0.25) is 0 Å². The molecule has 1 saturated carbocycles. The molecule has 2 rings (SSSR count). The number of halogens is 3. The quantitative estimate of drug-likeness (QED) is 0.822. The fraction of sp³-hybridized carbons (Fsp3) is 0.600. The van der Waals surface area contributed by atoms with Crippen LogP contribution in [0.3, 0.4) is 0 Å². The highest BCUT2D eigenvalue weighted by atomic mass is 79.9. The van der Waals surface area contributed by atoms with Crippen molar-refractivity contribution in [3.63, 3.8) is 0 Å². The van der Waals surface area contributed by atoms with E-state index in [-0.39, 0.29) is 11.6 Å². The third-order valence-electron chi connectivity index (χ3n) is 4.03. The predicted octanol–water partition coefficient (Wildman–Crippen LogP) is 4.96. The lowest BCUT2D eigenvalue weighted by molar-refractivity contribution is 0.299. The molecule has 0 aliphatic heterocycles. The summed E-state index contributed by atoms with van der Waals surface area (Å²) >= 11 is 3.12. The molecule has 19 heavy (non-hydrogen) atoms. The van der Waals surface area contributed by atoms with E-state index in [2.05, 4.69) is 21.2 Å². The number of benzene rings is 1. The molecule has 0 amide bonds. The van der Waals surface area contributed by atoms with E-state index in [1.165, 1.54) is 44.2 Å². The number of nitrogens with one attached hydrogen (secondary N) is 1. The summed E-state index contributed by atoms with van der Waals surface area (Å²) in [6.45, 7) is 0. The lowest BCUT2D eigenvalue weighted by Crippen LogP contribution is -2.23. The summed E-state index contributed by atoms with van der Waals surface area (Å²) in [6, 6.07) is 2.43. The van der Waals surface area contributed by atoms with Gasteiger partial charge in [0, 0.05) is 16.1 Å². The summed E-state index contributed by atoms with van der Waals surface area (Å²) in [5.74, 6) is -0.363. The van der Waals surface area contributed by atoms with Gasteiger partial charge in [-0.2, -0.15) is 0 Å². The molecule has 1 aliphatic carbocycles. The highest BCUT2D eigenvalue weighted by molar-refractivity contribution is 9.10. The fourth-order valence-corrected chi connectivity index (χ4v) is 3.42. The van der Waals surface area contributed by atoms with E-state index < -0.39 is 11.6 Å². The van der Waals surface area contributed by atoms with Crippen LogP contribution in [-0.4, -0.2) is 7.05 Å². The Morgan fingerprint density at radius 1 is 1.21 bits per heavy atom. The Morgan fingerprint density at radius 2 is 1.79 bits per heavy atom. The predicted molar refractivity (Wildman–Crippen MR) is 77.1 cm³/mol. The van der Waals surface area contributed by atoms with Gasteiger partial charge in [0.2, 0.25) is 0 Å². The van der Waals surface area contributed by atoms with E-state index in [4.69, 9.17) is 0 Å². The van der Waals surface area contributed by atoms with Crippen molar-refractivity contribution in [1.82, 2.24) is 5.32 Å². The molecule has 1 atom stereocenters. The molecule has 4 heteroatoms. The minimum Gasteiger partial charge on any atom is -0.313 e. The molecular weight excluding hydrogens is 312 g/mol. The summed E-state index contributed by atoms with van der Waals surface area (Å²) in [5, 5.41) is 3.07. The van der Waals surface area contributed by atoms with Crippen LogP contribution in [-0.2, 0) is 0 Å². The molecule has 1 unspecified atom stereocenters. The highest BCUT2D eigenvalue weighted by Gasteiger charge is 2.24. The van der Waals surface area contributed by atoms with E-state index in [0.717, 1.165) is 6.42 Å². The van der Waals surface area contributed by atoms with Gasteiger partial charge >= 0.3 is 0 Å². The zero-order valence-corrected chi connectivity index (χ0v) is 12.8. The molecule has 1 N–H and O–H groups in total. The van der Waals surface area contributed by atoms with Crippen LogP contribution >= 0.6 is 15.9 Å². The van der Waals surface area contributed by atoms with Crippen molar-refractivity contribution in [3.8, 4) is 0 Å². The van der Waals surface area contributed by atoms with Gasteiger partial charge in [0.15, 0.2) is 0 Å². The topological polar surface area (TPSA) is 12.0 Å². The van der Waals surface area contributed by atoms with Crippen LogP contribution in [0.15, 0.2) is 16.6 Å². The van der Waals surface area contributed by atoms with E-state index in [9.17, 15) is 8.78 Å². The van der Waals surface area contributed by atoms with Gasteiger partial charge in [-0.05, 0) is 31.5 Å². The molecule has 0 heterocycles. The maximum atomic E-state index is 14.0. The first-order chi connectivity index (χ1) is 9.11. The number of hydrogen-bond acceptors (Lipinski definition) is 1. The Bertz CT molecular complexity index is 407. The average molecular weight is 332 g/mol. The van der Waals surface area contributed by atoms with Crippen molar-refractivity contribution in [3.05, 3.63) is 33.8 Å². The van der Waals surface area contributed by atoms with Crippen molar-refractivity contribution >= 4 is 15.9 Å². The van der Waals surface area contributed by atoms with Crippen molar-refractivity contribution in [2.45, 2.75) is 44.6 Å². The summed E-state index contributed by atoms with van der Waals surface area (Å²) in [6.07, 6.45) is 6.95. The molecule has 1 aromatic carbocycles. The number of rotatable bonds is 4. The Kier molecular flexibility index (Phi) is 5.34. The van der Waals surface area contributed by atoms with Gasteiger partial charge in [0.1, 0.15) is 11.6 Å². The Hall–Kier alpha value is -0.480.